The van der Waals surface area contributed by atoms with Gasteiger partial charge in [-0.05, 0) is 49.9 Å². The highest BCUT2D eigenvalue weighted by molar-refractivity contribution is 6.33. The number of amides is 2. The van der Waals surface area contributed by atoms with Crippen molar-refractivity contribution < 1.29 is 14.0 Å². The third-order valence-electron chi connectivity index (χ3n) is 5.34. The number of nitrogens with zero attached hydrogens (tertiary/aromatic N) is 1. The molecular weight excluding hydrogens is 395 g/mol. The Morgan fingerprint density at radius 1 is 1.14 bits per heavy atom. The van der Waals surface area contributed by atoms with Crippen LogP contribution in [-0.4, -0.2) is 28.1 Å². The Bertz CT molecular complexity index is 1060. The number of aromatic amines is 1. The predicted molar refractivity (Wildman–Crippen MR) is 109 cm³/mol. The summed E-state index contributed by atoms with van der Waals surface area (Å²) in [4.78, 5) is 25.2. The summed E-state index contributed by atoms with van der Waals surface area (Å²) < 4.78 is 13.1. The number of rotatable bonds is 4. The van der Waals surface area contributed by atoms with Crippen LogP contribution in [0.4, 0.5) is 10.1 Å². The molecule has 2 amide bonds. The molecule has 29 heavy (non-hydrogen) atoms. The fourth-order valence-corrected chi connectivity index (χ4v) is 3.96. The molecule has 1 heterocycles. The molecule has 8 heteroatoms. The van der Waals surface area contributed by atoms with Crippen LogP contribution in [-0.2, 0) is 4.79 Å². The van der Waals surface area contributed by atoms with Crippen molar-refractivity contribution in [3.8, 4) is 0 Å². The molecule has 1 aliphatic carbocycles. The van der Waals surface area contributed by atoms with Crippen LogP contribution in [0.3, 0.4) is 0 Å². The second kappa shape index (κ2) is 8.21. The summed E-state index contributed by atoms with van der Waals surface area (Å²) in [5, 5.41) is 13.7. The van der Waals surface area contributed by atoms with Gasteiger partial charge in [0.1, 0.15) is 5.82 Å². The number of aromatic nitrogens is 2. The molecule has 0 aliphatic heterocycles. The van der Waals surface area contributed by atoms with Gasteiger partial charge in [0.25, 0.3) is 5.91 Å². The van der Waals surface area contributed by atoms with Crippen LogP contribution in [0.25, 0.3) is 10.9 Å². The first kappa shape index (κ1) is 19.4. The third kappa shape index (κ3) is 4.24. The van der Waals surface area contributed by atoms with E-state index >= 15 is 0 Å². The minimum absolute atomic E-state index is 0.0131. The van der Waals surface area contributed by atoms with E-state index in [1.165, 1.54) is 18.2 Å². The second-order valence-corrected chi connectivity index (χ2v) is 7.68. The maximum atomic E-state index is 13.1. The lowest BCUT2D eigenvalue weighted by Gasteiger charge is -2.28. The van der Waals surface area contributed by atoms with E-state index in [-0.39, 0.29) is 28.8 Å². The zero-order valence-electron chi connectivity index (χ0n) is 15.5. The molecule has 0 atom stereocenters. The molecule has 150 valence electrons. The van der Waals surface area contributed by atoms with Gasteiger partial charge in [-0.25, -0.2) is 4.39 Å². The van der Waals surface area contributed by atoms with Crippen molar-refractivity contribution >= 4 is 40.0 Å². The number of para-hydroxylation sites is 1. The number of halogens is 2. The number of carbonyl (C=O) groups excluding carboxylic acids is 2. The Morgan fingerprint density at radius 2 is 1.93 bits per heavy atom. The number of carbonyl (C=O) groups is 2. The van der Waals surface area contributed by atoms with Crippen LogP contribution in [0.2, 0.25) is 5.02 Å². The lowest BCUT2D eigenvalue weighted by molar-refractivity contribution is -0.120. The molecule has 3 aromatic rings. The van der Waals surface area contributed by atoms with E-state index in [2.05, 4.69) is 20.8 Å². The molecule has 0 unspecified atom stereocenters. The SMILES string of the molecule is O=C(N[C@H]1CC[C@H](C(=O)Nc2ccc(F)cc2Cl)CC1)c1cccc2cn[nH]c12. The quantitative estimate of drug-likeness (QED) is 0.595. The smallest absolute Gasteiger partial charge is 0.253 e. The number of nitrogens with one attached hydrogen (secondary N) is 3. The van der Waals surface area contributed by atoms with Crippen LogP contribution >= 0.6 is 11.6 Å². The lowest BCUT2D eigenvalue weighted by atomic mass is 9.85. The number of anilines is 1. The molecule has 1 saturated carbocycles. The van der Waals surface area contributed by atoms with Crippen LogP contribution in [0.1, 0.15) is 36.0 Å². The summed E-state index contributed by atoms with van der Waals surface area (Å²) >= 11 is 5.98. The second-order valence-electron chi connectivity index (χ2n) is 7.28. The van der Waals surface area contributed by atoms with Crippen LogP contribution in [0.5, 0.6) is 0 Å². The molecule has 1 fully saturated rings. The van der Waals surface area contributed by atoms with Crippen LogP contribution < -0.4 is 10.6 Å². The maximum absolute atomic E-state index is 13.1. The van der Waals surface area contributed by atoms with Gasteiger partial charge in [0.05, 0.1) is 28.0 Å². The highest BCUT2D eigenvalue weighted by Gasteiger charge is 2.28. The summed E-state index contributed by atoms with van der Waals surface area (Å²) in [6, 6.07) is 9.39. The van der Waals surface area contributed by atoms with Crippen LogP contribution in [0, 0.1) is 11.7 Å². The van der Waals surface area contributed by atoms with E-state index in [9.17, 15) is 14.0 Å². The standard InChI is InChI=1S/C21H20ClFN4O2/c22-17-10-14(23)6-9-18(17)26-20(28)12-4-7-15(8-5-12)25-21(29)16-3-1-2-13-11-24-27-19(13)16/h1-3,6,9-12,15H,4-5,7-8H2,(H,24,27)(H,25,29)(H,26,28)/t12-,15-. The zero-order chi connectivity index (χ0) is 20.4. The van der Waals surface area contributed by atoms with E-state index < -0.39 is 5.82 Å². The predicted octanol–water partition coefficient (Wildman–Crippen LogP) is 4.28. The van der Waals surface area contributed by atoms with Crippen molar-refractivity contribution in [3.05, 3.63) is 59.0 Å². The van der Waals surface area contributed by atoms with Crippen molar-refractivity contribution in [1.29, 1.82) is 0 Å². The normalized spacial score (nSPS) is 19.1. The topological polar surface area (TPSA) is 86.9 Å². The van der Waals surface area contributed by atoms with Gasteiger partial charge < -0.3 is 10.6 Å². The number of fused-ring (bicyclic) bond motifs is 1. The van der Waals surface area contributed by atoms with E-state index in [1.54, 1.807) is 12.3 Å². The summed E-state index contributed by atoms with van der Waals surface area (Å²) in [5.41, 5.74) is 1.68. The Balaban J connectivity index is 1.32. The van der Waals surface area contributed by atoms with Crippen molar-refractivity contribution in [2.45, 2.75) is 31.7 Å². The summed E-state index contributed by atoms with van der Waals surface area (Å²) in [7, 11) is 0. The lowest BCUT2D eigenvalue weighted by Crippen LogP contribution is -2.39. The zero-order valence-corrected chi connectivity index (χ0v) is 16.3. The molecule has 0 spiro atoms. The van der Waals surface area contributed by atoms with E-state index in [0.29, 0.717) is 42.5 Å². The molecule has 6 nitrogen and oxygen atoms in total. The Kier molecular flexibility index (Phi) is 5.49. The van der Waals surface area contributed by atoms with Gasteiger partial charge in [0.2, 0.25) is 5.91 Å². The first-order valence-corrected chi connectivity index (χ1v) is 9.88. The van der Waals surface area contributed by atoms with Gasteiger partial charge in [0, 0.05) is 17.3 Å². The van der Waals surface area contributed by atoms with Crippen molar-refractivity contribution in [1.82, 2.24) is 15.5 Å². The largest absolute Gasteiger partial charge is 0.349 e. The van der Waals surface area contributed by atoms with Gasteiger partial charge in [-0.3, -0.25) is 14.7 Å². The molecule has 0 bridgehead atoms. The van der Waals surface area contributed by atoms with E-state index in [4.69, 9.17) is 11.6 Å². The van der Waals surface area contributed by atoms with Crippen molar-refractivity contribution in [2.75, 3.05) is 5.32 Å². The minimum atomic E-state index is -0.449. The molecule has 1 aromatic heterocycles. The molecule has 0 saturated heterocycles. The summed E-state index contributed by atoms with van der Waals surface area (Å²) in [5.74, 6) is -0.897. The Hall–Kier alpha value is -2.93. The fourth-order valence-electron chi connectivity index (χ4n) is 3.75. The Morgan fingerprint density at radius 3 is 2.69 bits per heavy atom. The third-order valence-corrected chi connectivity index (χ3v) is 5.66. The summed E-state index contributed by atoms with van der Waals surface area (Å²) in [6.07, 6.45) is 4.41. The van der Waals surface area contributed by atoms with Gasteiger partial charge in [-0.2, -0.15) is 5.10 Å². The average Bonchev–Trinajstić information content (AvgIpc) is 3.19. The highest BCUT2D eigenvalue weighted by Crippen LogP contribution is 2.28. The molecule has 3 N–H and O–H groups in total. The minimum Gasteiger partial charge on any atom is -0.349 e. The molecule has 1 aliphatic rings. The van der Waals surface area contributed by atoms with Gasteiger partial charge in [-0.1, -0.05) is 23.7 Å². The number of H-pyrrole nitrogens is 1. The fraction of sp³-hybridized carbons (Fsp3) is 0.286. The van der Waals surface area contributed by atoms with Crippen LogP contribution in [0.15, 0.2) is 42.6 Å². The first-order valence-electron chi connectivity index (χ1n) is 9.50. The summed E-state index contributed by atoms with van der Waals surface area (Å²) in [6.45, 7) is 0. The number of hydrogen-bond acceptors (Lipinski definition) is 3. The number of hydrogen-bond donors (Lipinski definition) is 3. The van der Waals surface area contributed by atoms with E-state index in [1.807, 2.05) is 12.1 Å². The molecule has 4 rings (SSSR count). The molecular formula is C21H20ClFN4O2. The average molecular weight is 415 g/mol. The maximum Gasteiger partial charge on any atom is 0.253 e. The van der Waals surface area contributed by atoms with Gasteiger partial charge >= 0.3 is 0 Å². The molecule has 2 aromatic carbocycles. The van der Waals surface area contributed by atoms with Gasteiger partial charge in [-0.15, -0.1) is 0 Å². The Labute approximate surface area is 171 Å². The van der Waals surface area contributed by atoms with Crippen molar-refractivity contribution in [3.63, 3.8) is 0 Å². The van der Waals surface area contributed by atoms with E-state index in [0.717, 1.165) is 5.39 Å². The monoisotopic (exact) mass is 414 g/mol. The number of benzene rings is 2. The van der Waals surface area contributed by atoms with Gasteiger partial charge in [0.15, 0.2) is 0 Å². The highest BCUT2D eigenvalue weighted by atomic mass is 35.5. The molecule has 0 radical (unpaired) electrons. The van der Waals surface area contributed by atoms with Crippen molar-refractivity contribution in [2.24, 2.45) is 5.92 Å². The first-order chi connectivity index (χ1) is 14.0.